The first kappa shape index (κ1) is 24.7. The molecular weight excluding hydrogens is 410 g/mol. The van der Waals surface area contributed by atoms with E-state index in [1.165, 1.54) is 0 Å². The molecule has 0 saturated carbocycles. The number of ether oxygens (including phenoxy) is 3. The molecule has 6 atom stereocenters. The lowest BCUT2D eigenvalue weighted by molar-refractivity contribution is -0.321. The van der Waals surface area contributed by atoms with Crippen molar-refractivity contribution in [3.63, 3.8) is 0 Å². The van der Waals surface area contributed by atoms with Crippen molar-refractivity contribution in [1.29, 1.82) is 0 Å². The van der Waals surface area contributed by atoms with Crippen LogP contribution in [0.1, 0.15) is 71.9 Å². The fraction of sp³-hybridized carbons (Fsp3) is 0.680. The van der Waals surface area contributed by atoms with Gasteiger partial charge in [0.1, 0.15) is 12.6 Å². The highest BCUT2D eigenvalue weighted by Crippen LogP contribution is 2.36. The molecule has 0 spiro atoms. The minimum Gasteiger partial charge on any atom is -0.446 e. The van der Waals surface area contributed by atoms with E-state index >= 15 is 0 Å². The lowest BCUT2D eigenvalue weighted by Crippen LogP contribution is -2.50. The molecule has 0 aromatic heterocycles. The van der Waals surface area contributed by atoms with E-state index in [9.17, 15) is 14.7 Å². The zero-order valence-electron chi connectivity index (χ0n) is 19.8. The van der Waals surface area contributed by atoms with Gasteiger partial charge in [0.25, 0.3) is 0 Å². The molecule has 0 aliphatic carbocycles. The van der Waals surface area contributed by atoms with E-state index in [-0.39, 0.29) is 24.7 Å². The molecule has 0 radical (unpaired) electrons. The van der Waals surface area contributed by atoms with Crippen molar-refractivity contribution in [3.05, 3.63) is 35.9 Å². The van der Waals surface area contributed by atoms with E-state index in [2.05, 4.69) is 13.8 Å². The van der Waals surface area contributed by atoms with Gasteiger partial charge in [0.15, 0.2) is 5.79 Å². The maximum atomic E-state index is 13.2. The van der Waals surface area contributed by atoms with Crippen molar-refractivity contribution in [1.82, 2.24) is 4.90 Å². The monoisotopic (exact) mass is 447 g/mol. The molecule has 2 heterocycles. The van der Waals surface area contributed by atoms with E-state index in [4.69, 9.17) is 14.2 Å². The Hall–Kier alpha value is -1.96. The Bertz CT molecular complexity index is 782. The van der Waals surface area contributed by atoms with Crippen molar-refractivity contribution in [2.75, 3.05) is 6.61 Å². The number of amides is 2. The van der Waals surface area contributed by atoms with Gasteiger partial charge in [-0.25, -0.2) is 9.69 Å². The molecule has 2 fully saturated rings. The number of hydrogen-bond donors (Lipinski definition) is 1. The summed E-state index contributed by atoms with van der Waals surface area (Å²) < 4.78 is 17.4. The van der Waals surface area contributed by atoms with Gasteiger partial charge < -0.3 is 19.3 Å². The van der Waals surface area contributed by atoms with Gasteiger partial charge in [-0.05, 0) is 38.7 Å². The van der Waals surface area contributed by atoms with Gasteiger partial charge in [0.2, 0.25) is 5.91 Å². The van der Waals surface area contributed by atoms with Crippen molar-refractivity contribution in [3.8, 4) is 0 Å². The predicted octanol–water partition coefficient (Wildman–Crippen LogP) is 4.44. The highest BCUT2D eigenvalue weighted by Gasteiger charge is 2.43. The molecule has 7 nitrogen and oxygen atoms in total. The van der Waals surface area contributed by atoms with Crippen LogP contribution in [0.5, 0.6) is 0 Å². The highest BCUT2D eigenvalue weighted by molar-refractivity contribution is 5.95. The second-order valence-electron chi connectivity index (χ2n) is 9.51. The van der Waals surface area contributed by atoms with Crippen molar-refractivity contribution < 1.29 is 28.9 Å². The Labute approximate surface area is 191 Å². The van der Waals surface area contributed by atoms with Gasteiger partial charge in [-0.3, -0.25) is 4.79 Å². The summed E-state index contributed by atoms with van der Waals surface area (Å²) in [5.41, 5.74) is 0.835. The summed E-state index contributed by atoms with van der Waals surface area (Å²) in [6, 6.07) is 8.87. The molecule has 7 heteroatoms. The Morgan fingerprint density at radius 3 is 2.44 bits per heavy atom. The molecule has 2 saturated heterocycles. The molecule has 178 valence electrons. The predicted molar refractivity (Wildman–Crippen MR) is 120 cm³/mol. The van der Waals surface area contributed by atoms with Crippen LogP contribution in [0.15, 0.2) is 30.3 Å². The minimum absolute atomic E-state index is 0.0685. The maximum Gasteiger partial charge on any atom is 0.417 e. The number of rotatable bonds is 8. The van der Waals surface area contributed by atoms with E-state index in [1.54, 1.807) is 6.92 Å². The number of aliphatic hydroxyl groups excluding tert-OH is 1. The number of carbonyl (C=O) groups excluding carboxylic acids is 2. The van der Waals surface area contributed by atoms with Crippen LogP contribution < -0.4 is 0 Å². The Morgan fingerprint density at radius 2 is 1.81 bits per heavy atom. The van der Waals surface area contributed by atoms with Crippen molar-refractivity contribution in [2.45, 2.75) is 90.4 Å². The number of imide groups is 1. The molecule has 3 rings (SSSR count). The second-order valence-corrected chi connectivity index (χ2v) is 9.51. The van der Waals surface area contributed by atoms with Crippen molar-refractivity contribution in [2.24, 2.45) is 11.8 Å². The van der Waals surface area contributed by atoms with Crippen LogP contribution in [0.25, 0.3) is 0 Å². The van der Waals surface area contributed by atoms with E-state index in [0.29, 0.717) is 12.8 Å². The summed E-state index contributed by atoms with van der Waals surface area (Å²) in [5, 5.41) is 10.8. The number of carbonyl (C=O) groups is 2. The highest BCUT2D eigenvalue weighted by atomic mass is 16.7. The number of benzene rings is 1. The number of hydrogen-bond acceptors (Lipinski definition) is 6. The van der Waals surface area contributed by atoms with Crippen LogP contribution in [-0.4, -0.2) is 52.7 Å². The molecular formula is C25H37NO6. The molecule has 0 bridgehead atoms. The van der Waals surface area contributed by atoms with Crippen LogP contribution in [0.2, 0.25) is 0 Å². The first-order valence-electron chi connectivity index (χ1n) is 11.7. The summed E-state index contributed by atoms with van der Waals surface area (Å²) >= 11 is 0. The van der Waals surface area contributed by atoms with Gasteiger partial charge in [-0.1, -0.05) is 57.5 Å². The molecule has 2 aliphatic heterocycles. The summed E-state index contributed by atoms with van der Waals surface area (Å²) in [6.07, 6.45) is 1.49. The lowest BCUT2D eigenvalue weighted by Gasteiger charge is -2.45. The second kappa shape index (κ2) is 10.3. The molecule has 0 unspecified atom stereocenters. The van der Waals surface area contributed by atoms with E-state index in [1.807, 2.05) is 44.2 Å². The largest absolute Gasteiger partial charge is 0.446 e. The van der Waals surface area contributed by atoms with E-state index in [0.717, 1.165) is 23.3 Å². The van der Waals surface area contributed by atoms with Crippen LogP contribution in [-0.2, 0) is 19.0 Å². The lowest BCUT2D eigenvalue weighted by atomic mass is 9.87. The third kappa shape index (κ3) is 5.50. The van der Waals surface area contributed by atoms with Crippen LogP contribution in [0.4, 0.5) is 4.79 Å². The first-order valence-corrected chi connectivity index (χ1v) is 11.7. The summed E-state index contributed by atoms with van der Waals surface area (Å²) in [4.78, 5) is 26.6. The van der Waals surface area contributed by atoms with Crippen LogP contribution >= 0.6 is 0 Å². The quantitative estimate of drug-likeness (QED) is 0.634. The molecule has 1 N–H and O–H groups in total. The third-order valence-electron chi connectivity index (χ3n) is 6.62. The molecule has 2 aliphatic rings. The SMILES string of the molecule is CCC[C@@H]1OC(C)(C)O[C@@H](CC[C@H](O)[C@H](C)C(=O)N2C(=O)OC[C@H]2c2ccccc2)[C@H]1C. The molecule has 32 heavy (non-hydrogen) atoms. The normalized spacial score (nSPS) is 29.4. The Kier molecular flexibility index (Phi) is 7.96. The minimum atomic E-state index is -0.890. The number of aliphatic hydroxyl groups is 1. The topological polar surface area (TPSA) is 85.3 Å². The zero-order chi connectivity index (χ0) is 23.5. The van der Waals surface area contributed by atoms with Crippen LogP contribution in [0, 0.1) is 11.8 Å². The Balaban J connectivity index is 1.62. The standard InChI is InChI=1S/C25H37NO6/c1-6-10-21-17(3)22(32-25(4,5)31-21)14-13-20(27)16(2)23(28)26-19(15-30-24(26)29)18-11-8-7-9-12-18/h7-9,11-12,16-17,19-22,27H,6,10,13-15H2,1-5H3/t16-,17-,19-,20-,21-,22-/m0/s1. The average Bonchev–Trinajstić information content (AvgIpc) is 3.15. The zero-order valence-corrected chi connectivity index (χ0v) is 19.8. The number of cyclic esters (lactones) is 1. The molecule has 1 aromatic carbocycles. The Morgan fingerprint density at radius 1 is 1.19 bits per heavy atom. The summed E-state index contributed by atoms with van der Waals surface area (Å²) in [6.45, 7) is 9.87. The van der Waals surface area contributed by atoms with E-state index < -0.39 is 35.9 Å². The summed E-state index contributed by atoms with van der Waals surface area (Å²) in [5.74, 6) is -1.64. The van der Waals surface area contributed by atoms with Crippen molar-refractivity contribution >= 4 is 12.0 Å². The van der Waals surface area contributed by atoms with Gasteiger partial charge in [-0.15, -0.1) is 0 Å². The fourth-order valence-corrected chi connectivity index (χ4v) is 4.69. The van der Waals surface area contributed by atoms with Gasteiger partial charge in [0.05, 0.1) is 24.2 Å². The van der Waals surface area contributed by atoms with Gasteiger partial charge >= 0.3 is 6.09 Å². The first-order chi connectivity index (χ1) is 15.1. The smallest absolute Gasteiger partial charge is 0.417 e. The fourth-order valence-electron chi connectivity index (χ4n) is 4.69. The summed E-state index contributed by atoms with van der Waals surface area (Å²) in [7, 11) is 0. The van der Waals surface area contributed by atoms with Gasteiger partial charge in [-0.2, -0.15) is 0 Å². The molecule has 2 amide bonds. The number of nitrogens with zero attached hydrogens (tertiary/aromatic N) is 1. The molecule has 1 aromatic rings. The third-order valence-corrected chi connectivity index (χ3v) is 6.62. The van der Waals surface area contributed by atoms with Gasteiger partial charge in [0, 0.05) is 5.92 Å². The average molecular weight is 448 g/mol. The van der Waals surface area contributed by atoms with Crippen LogP contribution in [0.3, 0.4) is 0 Å². The maximum absolute atomic E-state index is 13.2.